The molecule has 0 radical (unpaired) electrons. The molecular formula is C14H19N3O4. The third-order valence-electron chi connectivity index (χ3n) is 4.41. The summed E-state index contributed by atoms with van der Waals surface area (Å²) in [6, 6.07) is -0.0766. The van der Waals surface area contributed by atoms with Gasteiger partial charge in [0.25, 0.3) is 11.5 Å². The molecule has 0 bridgehead atoms. The van der Waals surface area contributed by atoms with Crippen LogP contribution in [0.1, 0.15) is 42.5 Å². The molecule has 2 N–H and O–H groups in total. The van der Waals surface area contributed by atoms with Gasteiger partial charge in [-0.25, -0.2) is 4.79 Å². The summed E-state index contributed by atoms with van der Waals surface area (Å²) in [7, 11) is 1.49. The van der Waals surface area contributed by atoms with Crippen LogP contribution in [0.15, 0.2) is 15.8 Å². The molecule has 2 heterocycles. The smallest absolute Gasteiger partial charge is 0.328 e. The van der Waals surface area contributed by atoms with Gasteiger partial charge in [-0.3, -0.25) is 14.6 Å². The lowest BCUT2D eigenvalue weighted by Crippen LogP contribution is -2.41. The van der Waals surface area contributed by atoms with Gasteiger partial charge < -0.3 is 14.6 Å². The van der Waals surface area contributed by atoms with Crippen molar-refractivity contribution in [1.29, 1.82) is 0 Å². The molecule has 1 aliphatic carbocycles. The molecular weight excluding hydrogens is 274 g/mol. The number of carbonyl (C=O) groups excluding carboxylic acids is 1. The summed E-state index contributed by atoms with van der Waals surface area (Å²) in [5.74, 6) is -0.463. The molecule has 1 saturated heterocycles. The Kier molecular flexibility index (Phi) is 3.44. The lowest BCUT2D eigenvalue weighted by atomic mass is 9.96. The van der Waals surface area contributed by atoms with Crippen molar-refractivity contribution in [2.45, 2.75) is 43.7 Å². The summed E-state index contributed by atoms with van der Waals surface area (Å²) in [6.45, 7) is 0.482. The van der Waals surface area contributed by atoms with Crippen LogP contribution in [0.3, 0.4) is 0 Å². The van der Waals surface area contributed by atoms with Crippen molar-refractivity contribution in [1.82, 2.24) is 14.9 Å². The van der Waals surface area contributed by atoms with Crippen molar-refractivity contribution in [3.63, 3.8) is 0 Å². The first-order valence-electron chi connectivity index (χ1n) is 7.24. The Morgan fingerprint density at radius 3 is 2.86 bits per heavy atom. The molecule has 114 valence electrons. The van der Waals surface area contributed by atoms with Gasteiger partial charge in [-0.1, -0.05) is 12.8 Å². The van der Waals surface area contributed by atoms with E-state index in [0.717, 1.165) is 19.3 Å². The standard InChI is InChI=1S/C14H19N3O4/c1-17-7-10(12(19)16-13(17)20)11(18)15-9-6-14(21-8-9)4-2-3-5-14/h7,9H,2-6,8H2,1H3,(H,15,18)(H,16,19,20). The lowest BCUT2D eigenvalue weighted by molar-refractivity contribution is 0.00987. The normalized spacial score (nSPS) is 23.6. The molecule has 2 aliphatic rings. The average Bonchev–Trinajstić information content (AvgIpc) is 3.05. The summed E-state index contributed by atoms with van der Waals surface area (Å²) in [5, 5.41) is 2.83. The van der Waals surface area contributed by atoms with Crippen molar-refractivity contribution in [2.24, 2.45) is 7.05 Å². The van der Waals surface area contributed by atoms with E-state index in [2.05, 4.69) is 10.3 Å². The van der Waals surface area contributed by atoms with Crippen molar-refractivity contribution in [3.05, 3.63) is 32.6 Å². The van der Waals surface area contributed by atoms with Crippen LogP contribution in [-0.4, -0.2) is 33.7 Å². The van der Waals surface area contributed by atoms with Crippen LogP contribution in [0, 0.1) is 0 Å². The van der Waals surface area contributed by atoms with Gasteiger partial charge in [0.2, 0.25) is 0 Å². The molecule has 1 saturated carbocycles. The van der Waals surface area contributed by atoms with Gasteiger partial charge in [0.05, 0.1) is 18.2 Å². The fourth-order valence-corrected chi connectivity index (χ4v) is 3.29. The summed E-state index contributed by atoms with van der Waals surface area (Å²) >= 11 is 0. The average molecular weight is 293 g/mol. The number of hydrogen-bond acceptors (Lipinski definition) is 4. The number of carbonyl (C=O) groups is 1. The molecule has 1 unspecified atom stereocenters. The van der Waals surface area contributed by atoms with E-state index in [4.69, 9.17) is 4.74 Å². The van der Waals surface area contributed by atoms with E-state index in [1.165, 1.54) is 30.7 Å². The predicted octanol–water partition coefficient (Wildman–Crippen LogP) is -0.0949. The second-order valence-electron chi connectivity index (χ2n) is 5.99. The quantitative estimate of drug-likeness (QED) is 0.796. The van der Waals surface area contributed by atoms with Gasteiger partial charge in [-0.05, 0) is 19.3 Å². The number of nitrogens with one attached hydrogen (secondary N) is 2. The Morgan fingerprint density at radius 1 is 1.43 bits per heavy atom. The molecule has 1 spiro atoms. The van der Waals surface area contributed by atoms with E-state index >= 15 is 0 Å². The summed E-state index contributed by atoms with van der Waals surface area (Å²) in [5.41, 5.74) is -1.33. The molecule has 2 fully saturated rings. The van der Waals surface area contributed by atoms with Crippen molar-refractivity contribution < 1.29 is 9.53 Å². The zero-order valence-corrected chi connectivity index (χ0v) is 12.0. The fourth-order valence-electron chi connectivity index (χ4n) is 3.29. The number of amides is 1. The number of H-pyrrole nitrogens is 1. The number of hydrogen-bond donors (Lipinski definition) is 2. The van der Waals surface area contributed by atoms with E-state index in [-0.39, 0.29) is 17.2 Å². The van der Waals surface area contributed by atoms with Crippen LogP contribution >= 0.6 is 0 Å². The SMILES string of the molecule is Cn1cc(C(=O)NC2COC3(CCCC3)C2)c(=O)[nH]c1=O. The van der Waals surface area contributed by atoms with Gasteiger partial charge >= 0.3 is 5.69 Å². The second kappa shape index (κ2) is 5.14. The topological polar surface area (TPSA) is 93.2 Å². The first-order valence-corrected chi connectivity index (χ1v) is 7.24. The highest BCUT2D eigenvalue weighted by Crippen LogP contribution is 2.40. The van der Waals surface area contributed by atoms with E-state index in [0.29, 0.717) is 6.61 Å². The molecule has 1 aromatic heterocycles. The van der Waals surface area contributed by atoms with Gasteiger partial charge in [-0.2, -0.15) is 0 Å². The highest BCUT2D eigenvalue weighted by Gasteiger charge is 2.42. The van der Waals surface area contributed by atoms with Crippen molar-refractivity contribution in [2.75, 3.05) is 6.61 Å². The van der Waals surface area contributed by atoms with Crippen LogP contribution < -0.4 is 16.6 Å². The highest BCUT2D eigenvalue weighted by molar-refractivity contribution is 5.93. The first kappa shape index (κ1) is 14.1. The molecule has 1 atom stereocenters. The third-order valence-corrected chi connectivity index (χ3v) is 4.41. The second-order valence-corrected chi connectivity index (χ2v) is 5.99. The van der Waals surface area contributed by atoms with Crippen LogP contribution in [-0.2, 0) is 11.8 Å². The molecule has 1 amide bonds. The van der Waals surface area contributed by atoms with Crippen molar-refractivity contribution in [3.8, 4) is 0 Å². The van der Waals surface area contributed by atoms with Crippen LogP contribution in [0.2, 0.25) is 0 Å². The first-order chi connectivity index (χ1) is 9.99. The van der Waals surface area contributed by atoms with Gasteiger partial charge in [0.15, 0.2) is 0 Å². The molecule has 7 nitrogen and oxygen atoms in total. The van der Waals surface area contributed by atoms with Crippen LogP contribution in [0.4, 0.5) is 0 Å². The summed E-state index contributed by atoms with van der Waals surface area (Å²) in [4.78, 5) is 37.3. The largest absolute Gasteiger partial charge is 0.373 e. The molecule has 21 heavy (non-hydrogen) atoms. The summed E-state index contributed by atoms with van der Waals surface area (Å²) < 4.78 is 7.05. The number of aryl methyl sites for hydroxylation is 1. The van der Waals surface area contributed by atoms with Gasteiger partial charge in [-0.15, -0.1) is 0 Å². The Labute approximate surface area is 121 Å². The Bertz CT molecular complexity index is 670. The number of aromatic nitrogens is 2. The van der Waals surface area contributed by atoms with E-state index < -0.39 is 17.2 Å². The molecule has 3 rings (SSSR count). The Balaban J connectivity index is 1.71. The van der Waals surface area contributed by atoms with Crippen LogP contribution in [0.25, 0.3) is 0 Å². The minimum absolute atomic E-state index is 0.0514. The zero-order chi connectivity index (χ0) is 15.0. The maximum absolute atomic E-state index is 12.2. The van der Waals surface area contributed by atoms with Gasteiger partial charge in [0.1, 0.15) is 5.56 Å². The number of nitrogens with zero attached hydrogens (tertiary/aromatic N) is 1. The molecule has 0 aromatic carbocycles. The molecule has 7 heteroatoms. The number of ether oxygens (including phenoxy) is 1. The van der Waals surface area contributed by atoms with Crippen molar-refractivity contribution >= 4 is 5.91 Å². The Hall–Kier alpha value is -1.89. The number of aromatic amines is 1. The third kappa shape index (κ3) is 2.65. The zero-order valence-electron chi connectivity index (χ0n) is 12.0. The fraction of sp³-hybridized carbons (Fsp3) is 0.643. The van der Waals surface area contributed by atoms with E-state index in [9.17, 15) is 14.4 Å². The maximum Gasteiger partial charge on any atom is 0.328 e. The minimum Gasteiger partial charge on any atom is -0.373 e. The Morgan fingerprint density at radius 2 is 2.14 bits per heavy atom. The highest BCUT2D eigenvalue weighted by atomic mass is 16.5. The monoisotopic (exact) mass is 293 g/mol. The van der Waals surface area contributed by atoms with E-state index in [1.54, 1.807) is 0 Å². The minimum atomic E-state index is -0.662. The number of rotatable bonds is 2. The van der Waals surface area contributed by atoms with Gasteiger partial charge in [0, 0.05) is 13.2 Å². The predicted molar refractivity (Wildman–Crippen MR) is 75.3 cm³/mol. The summed E-state index contributed by atoms with van der Waals surface area (Å²) in [6.07, 6.45) is 6.47. The van der Waals surface area contributed by atoms with E-state index in [1.807, 2.05) is 0 Å². The molecule has 1 aromatic rings. The molecule has 1 aliphatic heterocycles. The lowest BCUT2D eigenvalue weighted by Gasteiger charge is -2.21. The maximum atomic E-state index is 12.2. The van der Waals surface area contributed by atoms with Crippen LogP contribution in [0.5, 0.6) is 0 Å².